The number of anilines is 1. The normalized spacial score (nSPS) is 23.2. The Morgan fingerprint density at radius 3 is 2.67 bits per heavy atom. The van der Waals surface area contributed by atoms with Crippen LogP contribution in [0.1, 0.15) is 24.3 Å². The molecule has 0 spiro atoms. The minimum absolute atomic E-state index is 0. The van der Waals surface area contributed by atoms with Gasteiger partial charge in [-0.1, -0.05) is 22.0 Å². The fraction of sp³-hybridized carbons (Fsp3) is 0.462. The Kier molecular flexibility index (Phi) is 4.30. The third-order valence-electron chi connectivity index (χ3n) is 3.76. The molecule has 2 N–H and O–H groups in total. The molecular formula is C13H16BrClN2O. The number of benzene rings is 1. The van der Waals surface area contributed by atoms with Crippen LogP contribution in [0, 0.1) is 5.92 Å². The highest BCUT2D eigenvalue weighted by molar-refractivity contribution is 9.10. The Morgan fingerprint density at radius 2 is 1.94 bits per heavy atom. The lowest BCUT2D eigenvalue weighted by molar-refractivity contribution is -0.118. The van der Waals surface area contributed by atoms with Gasteiger partial charge in [0.15, 0.2) is 0 Å². The molecule has 2 aliphatic rings. The second-order valence-corrected chi connectivity index (χ2v) is 5.61. The van der Waals surface area contributed by atoms with Gasteiger partial charge in [-0.15, -0.1) is 12.4 Å². The van der Waals surface area contributed by atoms with E-state index in [0.717, 1.165) is 41.7 Å². The van der Waals surface area contributed by atoms with Gasteiger partial charge >= 0.3 is 0 Å². The van der Waals surface area contributed by atoms with Gasteiger partial charge in [0.25, 0.3) is 0 Å². The predicted molar refractivity (Wildman–Crippen MR) is 78.4 cm³/mol. The molecule has 1 fully saturated rings. The minimum Gasteiger partial charge on any atom is -0.325 e. The van der Waals surface area contributed by atoms with E-state index in [-0.39, 0.29) is 24.2 Å². The average molecular weight is 332 g/mol. The Hall–Kier alpha value is -0.580. The maximum Gasteiger partial charge on any atom is 0.232 e. The first-order chi connectivity index (χ1) is 8.27. The number of hydrogen-bond donors (Lipinski definition) is 2. The predicted octanol–water partition coefficient (Wildman–Crippen LogP) is 2.91. The van der Waals surface area contributed by atoms with Crippen LogP contribution in [0.25, 0.3) is 0 Å². The number of halogens is 2. The highest BCUT2D eigenvalue weighted by atomic mass is 79.9. The molecule has 1 saturated heterocycles. The molecular weight excluding hydrogens is 316 g/mol. The van der Waals surface area contributed by atoms with Crippen LogP contribution < -0.4 is 10.6 Å². The van der Waals surface area contributed by atoms with Gasteiger partial charge in [-0.05, 0) is 44.0 Å². The maximum absolute atomic E-state index is 12.1. The van der Waals surface area contributed by atoms with Gasteiger partial charge in [-0.2, -0.15) is 0 Å². The van der Waals surface area contributed by atoms with Crippen molar-refractivity contribution in [3.8, 4) is 0 Å². The fourth-order valence-corrected chi connectivity index (χ4v) is 3.54. The molecule has 1 aromatic carbocycles. The number of carbonyl (C=O) groups excluding carboxylic acids is 1. The van der Waals surface area contributed by atoms with Crippen molar-refractivity contribution < 1.29 is 4.79 Å². The first-order valence-corrected chi connectivity index (χ1v) is 6.86. The lowest BCUT2D eigenvalue weighted by Gasteiger charge is -2.27. The van der Waals surface area contributed by atoms with E-state index in [9.17, 15) is 4.79 Å². The van der Waals surface area contributed by atoms with E-state index < -0.39 is 0 Å². The highest BCUT2D eigenvalue weighted by Crippen LogP contribution is 2.43. The van der Waals surface area contributed by atoms with E-state index in [0.29, 0.717) is 5.92 Å². The smallest absolute Gasteiger partial charge is 0.232 e. The van der Waals surface area contributed by atoms with Gasteiger partial charge in [0.1, 0.15) is 0 Å². The summed E-state index contributed by atoms with van der Waals surface area (Å²) in [7, 11) is 0. The Balaban J connectivity index is 0.00000120. The molecule has 0 aromatic heterocycles. The molecule has 1 aromatic rings. The number of fused-ring (bicyclic) bond motifs is 1. The standard InChI is InChI=1S/C13H15BrN2O.ClH/c14-9-2-1-3-10-12(9)11(13(17)16-10)8-4-6-15-7-5-8;/h1-3,8,11,15H,4-7H2,(H,16,17);1H. The fourth-order valence-electron chi connectivity index (χ4n) is 2.93. The minimum atomic E-state index is 0. The summed E-state index contributed by atoms with van der Waals surface area (Å²) in [6.07, 6.45) is 2.16. The van der Waals surface area contributed by atoms with Gasteiger partial charge in [0.2, 0.25) is 5.91 Å². The average Bonchev–Trinajstić information content (AvgIpc) is 2.68. The van der Waals surface area contributed by atoms with Crippen molar-refractivity contribution in [2.24, 2.45) is 5.92 Å². The molecule has 2 aliphatic heterocycles. The van der Waals surface area contributed by atoms with Crippen LogP contribution >= 0.6 is 28.3 Å². The van der Waals surface area contributed by atoms with Crippen molar-refractivity contribution in [2.45, 2.75) is 18.8 Å². The summed E-state index contributed by atoms with van der Waals surface area (Å²) in [6.45, 7) is 2.04. The molecule has 0 saturated carbocycles. The summed E-state index contributed by atoms with van der Waals surface area (Å²) in [5, 5.41) is 6.34. The summed E-state index contributed by atoms with van der Waals surface area (Å²) in [5.41, 5.74) is 2.14. The number of piperidine rings is 1. The number of carbonyl (C=O) groups is 1. The lowest BCUT2D eigenvalue weighted by Crippen LogP contribution is -2.33. The van der Waals surface area contributed by atoms with Gasteiger partial charge in [-0.25, -0.2) is 0 Å². The monoisotopic (exact) mass is 330 g/mol. The topological polar surface area (TPSA) is 41.1 Å². The summed E-state index contributed by atoms with van der Waals surface area (Å²) in [4.78, 5) is 12.1. The second kappa shape index (κ2) is 5.59. The van der Waals surface area contributed by atoms with Gasteiger partial charge in [-0.3, -0.25) is 4.79 Å². The van der Waals surface area contributed by atoms with Crippen LogP contribution in [-0.4, -0.2) is 19.0 Å². The summed E-state index contributed by atoms with van der Waals surface area (Å²) < 4.78 is 1.05. The molecule has 1 unspecified atom stereocenters. The van der Waals surface area contributed by atoms with Crippen molar-refractivity contribution in [3.05, 3.63) is 28.2 Å². The summed E-state index contributed by atoms with van der Waals surface area (Å²) >= 11 is 3.57. The van der Waals surface area contributed by atoms with E-state index in [4.69, 9.17) is 0 Å². The third-order valence-corrected chi connectivity index (χ3v) is 4.45. The molecule has 0 bridgehead atoms. The molecule has 0 radical (unpaired) electrons. The van der Waals surface area contributed by atoms with Crippen LogP contribution in [0.5, 0.6) is 0 Å². The first-order valence-electron chi connectivity index (χ1n) is 6.07. The zero-order valence-electron chi connectivity index (χ0n) is 9.91. The van der Waals surface area contributed by atoms with Crippen molar-refractivity contribution >= 4 is 39.9 Å². The Morgan fingerprint density at radius 1 is 1.22 bits per heavy atom. The molecule has 3 rings (SSSR count). The largest absolute Gasteiger partial charge is 0.325 e. The van der Waals surface area contributed by atoms with E-state index in [2.05, 4.69) is 26.6 Å². The molecule has 0 aliphatic carbocycles. The quantitative estimate of drug-likeness (QED) is 0.831. The van der Waals surface area contributed by atoms with E-state index in [1.807, 2.05) is 18.2 Å². The van der Waals surface area contributed by atoms with Crippen LogP contribution in [0.15, 0.2) is 22.7 Å². The molecule has 1 atom stereocenters. The zero-order valence-corrected chi connectivity index (χ0v) is 12.3. The zero-order chi connectivity index (χ0) is 11.8. The molecule has 5 heteroatoms. The van der Waals surface area contributed by atoms with Gasteiger partial charge in [0, 0.05) is 15.7 Å². The van der Waals surface area contributed by atoms with Crippen LogP contribution in [0.3, 0.4) is 0 Å². The van der Waals surface area contributed by atoms with E-state index >= 15 is 0 Å². The van der Waals surface area contributed by atoms with Crippen molar-refractivity contribution in [2.75, 3.05) is 18.4 Å². The van der Waals surface area contributed by atoms with Crippen LogP contribution in [0.2, 0.25) is 0 Å². The van der Waals surface area contributed by atoms with E-state index in [1.54, 1.807) is 0 Å². The summed E-state index contributed by atoms with van der Waals surface area (Å²) in [6, 6.07) is 5.97. The molecule has 3 nitrogen and oxygen atoms in total. The first kappa shape index (κ1) is 13.8. The summed E-state index contributed by atoms with van der Waals surface area (Å²) in [5.74, 6) is 0.665. The van der Waals surface area contributed by atoms with Gasteiger partial charge < -0.3 is 10.6 Å². The number of hydrogen-bond acceptors (Lipinski definition) is 2. The Labute approximate surface area is 121 Å². The van der Waals surface area contributed by atoms with Crippen LogP contribution in [0.4, 0.5) is 5.69 Å². The number of nitrogens with one attached hydrogen (secondary N) is 2. The number of amides is 1. The molecule has 1 amide bonds. The van der Waals surface area contributed by atoms with Gasteiger partial charge in [0.05, 0.1) is 5.92 Å². The van der Waals surface area contributed by atoms with E-state index in [1.165, 1.54) is 0 Å². The lowest BCUT2D eigenvalue weighted by atomic mass is 9.81. The molecule has 18 heavy (non-hydrogen) atoms. The highest BCUT2D eigenvalue weighted by Gasteiger charge is 2.38. The maximum atomic E-state index is 12.1. The molecule has 2 heterocycles. The number of rotatable bonds is 1. The van der Waals surface area contributed by atoms with Crippen molar-refractivity contribution in [3.63, 3.8) is 0 Å². The second-order valence-electron chi connectivity index (χ2n) is 4.76. The van der Waals surface area contributed by atoms with Crippen LogP contribution in [-0.2, 0) is 4.79 Å². The molecule has 98 valence electrons. The SMILES string of the molecule is Cl.O=C1Nc2cccc(Br)c2C1C1CCNCC1. The van der Waals surface area contributed by atoms with Crippen molar-refractivity contribution in [1.82, 2.24) is 5.32 Å². The van der Waals surface area contributed by atoms with Crippen molar-refractivity contribution in [1.29, 1.82) is 0 Å². The Bertz CT molecular complexity index is 460. The third kappa shape index (κ3) is 2.29.